The lowest BCUT2D eigenvalue weighted by Crippen LogP contribution is -2.18. The SMILES string of the molecule is CCNCc1occc1-c1ccc2c(c1)C(C)(C)CO2. The highest BCUT2D eigenvalue weighted by Gasteiger charge is 2.32. The summed E-state index contributed by atoms with van der Waals surface area (Å²) in [5.41, 5.74) is 3.72. The van der Waals surface area contributed by atoms with Gasteiger partial charge in [-0.1, -0.05) is 26.8 Å². The summed E-state index contributed by atoms with van der Waals surface area (Å²) in [6, 6.07) is 8.46. The molecule has 1 aromatic heterocycles. The van der Waals surface area contributed by atoms with Crippen LogP contribution in [0.4, 0.5) is 0 Å². The van der Waals surface area contributed by atoms with E-state index in [1.807, 2.05) is 6.07 Å². The third-order valence-electron chi connectivity index (χ3n) is 3.89. The van der Waals surface area contributed by atoms with Gasteiger partial charge in [-0.25, -0.2) is 0 Å². The fourth-order valence-electron chi connectivity index (χ4n) is 2.66. The van der Waals surface area contributed by atoms with Crippen molar-refractivity contribution in [2.24, 2.45) is 0 Å². The number of nitrogens with one attached hydrogen (secondary N) is 1. The molecule has 0 unspecified atom stereocenters. The first-order valence-electron chi connectivity index (χ1n) is 7.16. The zero-order valence-electron chi connectivity index (χ0n) is 12.3. The molecule has 0 spiro atoms. The van der Waals surface area contributed by atoms with Crippen LogP contribution in [-0.2, 0) is 12.0 Å². The minimum Gasteiger partial charge on any atom is -0.492 e. The van der Waals surface area contributed by atoms with Crippen molar-refractivity contribution in [1.82, 2.24) is 5.32 Å². The van der Waals surface area contributed by atoms with Crippen LogP contribution in [0.3, 0.4) is 0 Å². The summed E-state index contributed by atoms with van der Waals surface area (Å²) in [6.07, 6.45) is 1.76. The number of rotatable bonds is 4. The van der Waals surface area contributed by atoms with E-state index in [0.29, 0.717) is 0 Å². The van der Waals surface area contributed by atoms with Gasteiger partial charge < -0.3 is 14.5 Å². The summed E-state index contributed by atoms with van der Waals surface area (Å²) in [7, 11) is 0. The van der Waals surface area contributed by atoms with Crippen molar-refractivity contribution in [2.45, 2.75) is 32.7 Å². The van der Waals surface area contributed by atoms with Crippen LogP contribution in [0.25, 0.3) is 11.1 Å². The fraction of sp³-hybridized carbons (Fsp3) is 0.412. The van der Waals surface area contributed by atoms with Crippen LogP contribution in [0.1, 0.15) is 32.1 Å². The number of fused-ring (bicyclic) bond motifs is 1. The largest absolute Gasteiger partial charge is 0.492 e. The Morgan fingerprint density at radius 3 is 2.90 bits per heavy atom. The first kappa shape index (κ1) is 13.3. The van der Waals surface area contributed by atoms with Gasteiger partial charge in [0.15, 0.2) is 0 Å². The maximum Gasteiger partial charge on any atom is 0.125 e. The molecule has 1 N–H and O–H groups in total. The van der Waals surface area contributed by atoms with Crippen LogP contribution in [0, 0.1) is 0 Å². The molecule has 0 aliphatic carbocycles. The number of benzene rings is 1. The molecule has 0 fully saturated rings. The van der Waals surface area contributed by atoms with Crippen LogP contribution in [0.5, 0.6) is 5.75 Å². The zero-order chi connectivity index (χ0) is 14.2. The molecule has 0 radical (unpaired) electrons. The van der Waals surface area contributed by atoms with E-state index in [-0.39, 0.29) is 5.41 Å². The topological polar surface area (TPSA) is 34.4 Å². The van der Waals surface area contributed by atoms with Crippen LogP contribution in [0.15, 0.2) is 34.9 Å². The van der Waals surface area contributed by atoms with E-state index in [0.717, 1.165) is 36.8 Å². The fourth-order valence-corrected chi connectivity index (χ4v) is 2.66. The lowest BCUT2D eigenvalue weighted by molar-refractivity contribution is 0.291. The van der Waals surface area contributed by atoms with Gasteiger partial charge in [0.1, 0.15) is 11.5 Å². The Morgan fingerprint density at radius 2 is 2.10 bits per heavy atom. The minimum atomic E-state index is 0.0803. The van der Waals surface area contributed by atoms with E-state index in [4.69, 9.17) is 9.15 Å². The van der Waals surface area contributed by atoms with Crippen molar-refractivity contribution in [3.05, 3.63) is 41.9 Å². The summed E-state index contributed by atoms with van der Waals surface area (Å²) in [5.74, 6) is 2.00. The minimum absolute atomic E-state index is 0.0803. The van der Waals surface area contributed by atoms with Gasteiger partial charge in [-0.15, -0.1) is 0 Å². The summed E-state index contributed by atoms with van der Waals surface area (Å²) in [4.78, 5) is 0. The lowest BCUT2D eigenvalue weighted by Gasteiger charge is -2.16. The number of ether oxygens (including phenoxy) is 1. The van der Waals surface area contributed by atoms with Crippen molar-refractivity contribution in [3.8, 4) is 16.9 Å². The van der Waals surface area contributed by atoms with Gasteiger partial charge >= 0.3 is 0 Å². The monoisotopic (exact) mass is 271 g/mol. The van der Waals surface area contributed by atoms with Crippen LogP contribution in [-0.4, -0.2) is 13.2 Å². The third kappa shape index (κ3) is 2.22. The van der Waals surface area contributed by atoms with Crippen LogP contribution in [0.2, 0.25) is 0 Å². The maximum absolute atomic E-state index is 5.75. The van der Waals surface area contributed by atoms with Crippen molar-refractivity contribution < 1.29 is 9.15 Å². The number of hydrogen-bond donors (Lipinski definition) is 1. The van der Waals surface area contributed by atoms with Crippen molar-refractivity contribution in [3.63, 3.8) is 0 Å². The van der Waals surface area contributed by atoms with Crippen molar-refractivity contribution in [1.29, 1.82) is 0 Å². The molecule has 2 aromatic rings. The molecule has 1 aliphatic rings. The van der Waals surface area contributed by atoms with Crippen LogP contribution >= 0.6 is 0 Å². The molecule has 0 atom stereocenters. The molecule has 1 aromatic carbocycles. The molecule has 3 rings (SSSR count). The van der Waals surface area contributed by atoms with Gasteiger partial charge in [0.25, 0.3) is 0 Å². The number of furan rings is 1. The molecule has 106 valence electrons. The summed E-state index contributed by atoms with van der Waals surface area (Å²) < 4.78 is 11.3. The Hall–Kier alpha value is -1.74. The van der Waals surface area contributed by atoms with Crippen molar-refractivity contribution in [2.75, 3.05) is 13.2 Å². The van der Waals surface area contributed by atoms with Gasteiger partial charge in [-0.3, -0.25) is 0 Å². The number of hydrogen-bond acceptors (Lipinski definition) is 3. The Balaban J connectivity index is 1.98. The van der Waals surface area contributed by atoms with E-state index >= 15 is 0 Å². The molecule has 0 amide bonds. The molecule has 0 saturated heterocycles. The van der Waals surface area contributed by atoms with E-state index in [9.17, 15) is 0 Å². The second-order valence-corrected chi connectivity index (χ2v) is 5.92. The van der Waals surface area contributed by atoms with Gasteiger partial charge in [-0.05, 0) is 30.3 Å². The molecule has 0 saturated carbocycles. The van der Waals surface area contributed by atoms with Gasteiger partial charge in [-0.2, -0.15) is 0 Å². The normalized spacial score (nSPS) is 15.9. The molecule has 3 nitrogen and oxygen atoms in total. The first-order chi connectivity index (χ1) is 9.62. The predicted molar refractivity (Wildman–Crippen MR) is 80.0 cm³/mol. The molecule has 3 heteroatoms. The first-order valence-corrected chi connectivity index (χ1v) is 7.16. The summed E-state index contributed by atoms with van der Waals surface area (Å²) in [6.45, 7) is 8.98. The Kier molecular flexibility index (Phi) is 3.30. The Bertz CT molecular complexity index is 613. The van der Waals surface area contributed by atoms with E-state index in [1.54, 1.807) is 6.26 Å². The molecule has 0 bridgehead atoms. The van der Waals surface area contributed by atoms with Gasteiger partial charge in [0, 0.05) is 16.5 Å². The average molecular weight is 271 g/mol. The highest BCUT2D eigenvalue weighted by Crippen LogP contribution is 2.41. The van der Waals surface area contributed by atoms with E-state index < -0.39 is 0 Å². The molecule has 1 aliphatic heterocycles. The quantitative estimate of drug-likeness (QED) is 0.920. The second kappa shape index (κ2) is 4.98. The zero-order valence-corrected chi connectivity index (χ0v) is 12.3. The van der Waals surface area contributed by atoms with Gasteiger partial charge in [0.2, 0.25) is 0 Å². The van der Waals surface area contributed by atoms with Crippen LogP contribution < -0.4 is 10.1 Å². The standard InChI is InChI=1S/C17H21NO2/c1-4-18-10-16-13(7-8-19-16)12-5-6-15-14(9-12)17(2,3)11-20-15/h5-9,18H,4,10-11H2,1-3H3. The highest BCUT2D eigenvalue weighted by atomic mass is 16.5. The third-order valence-corrected chi connectivity index (χ3v) is 3.89. The smallest absolute Gasteiger partial charge is 0.125 e. The molecular formula is C17H21NO2. The van der Waals surface area contributed by atoms with Gasteiger partial charge in [0.05, 0.1) is 19.4 Å². The average Bonchev–Trinajstić information content (AvgIpc) is 3.01. The Morgan fingerprint density at radius 1 is 1.25 bits per heavy atom. The van der Waals surface area contributed by atoms with Crippen molar-refractivity contribution >= 4 is 0 Å². The maximum atomic E-state index is 5.75. The molecular weight excluding hydrogens is 250 g/mol. The highest BCUT2D eigenvalue weighted by molar-refractivity contribution is 5.68. The van der Waals surface area contributed by atoms with E-state index in [1.165, 1.54) is 11.1 Å². The lowest BCUT2D eigenvalue weighted by atomic mass is 9.85. The molecule has 20 heavy (non-hydrogen) atoms. The Labute approximate surface area is 119 Å². The summed E-state index contributed by atoms with van der Waals surface area (Å²) in [5, 5.41) is 3.31. The van der Waals surface area contributed by atoms with E-state index in [2.05, 4.69) is 44.3 Å². The molecule has 2 heterocycles. The second-order valence-electron chi connectivity index (χ2n) is 5.92. The predicted octanol–water partition coefficient (Wildman–Crippen LogP) is 3.73. The summed E-state index contributed by atoms with van der Waals surface area (Å²) >= 11 is 0.